The van der Waals surface area contributed by atoms with Gasteiger partial charge in [0.15, 0.2) is 0 Å². The number of nitrogens with one attached hydrogen (secondary N) is 1. The van der Waals surface area contributed by atoms with E-state index in [1.54, 1.807) is 19.2 Å². The fourth-order valence-corrected chi connectivity index (χ4v) is 3.20. The summed E-state index contributed by atoms with van der Waals surface area (Å²) in [6, 6.07) is 24.9. The fourth-order valence-electron chi connectivity index (χ4n) is 3.20. The third-order valence-electron chi connectivity index (χ3n) is 4.57. The van der Waals surface area contributed by atoms with Crippen LogP contribution >= 0.6 is 0 Å². The van der Waals surface area contributed by atoms with Crippen LogP contribution in [0.2, 0.25) is 0 Å². The SMILES string of the molecule is COc1ccccc1/C(C)=C(/c1ccccc1)c1ccc(NC(=O)C(=O)O)cc1. The Hall–Kier alpha value is -3.86. The Balaban J connectivity index is 2.10. The molecule has 0 radical (unpaired) electrons. The van der Waals surface area contributed by atoms with Crippen molar-refractivity contribution in [3.63, 3.8) is 0 Å². The first-order valence-electron chi connectivity index (χ1n) is 9.05. The average Bonchev–Trinajstić information content (AvgIpc) is 2.75. The van der Waals surface area contributed by atoms with Crippen molar-refractivity contribution in [2.45, 2.75) is 6.92 Å². The van der Waals surface area contributed by atoms with Crippen molar-refractivity contribution in [2.75, 3.05) is 12.4 Å². The standard InChI is InChI=1S/C24H21NO4/c1-16(20-10-6-7-11-21(20)29-2)22(17-8-4-3-5-9-17)18-12-14-19(15-13-18)25-23(26)24(27)28/h3-15H,1-2H3,(H,25,26)(H,27,28)/b22-16-. The Morgan fingerprint density at radius 3 is 2.03 bits per heavy atom. The highest BCUT2D eigenvalue weighted by atomic mass is 16.5. The molecule has 5 heteroatoms. The van der Waals surface area contributed by atoms with E-state index in [0.717, 1.165) is 33.6 Å². The quantitative estimate of drug-likeness (QED) is 0.492. The number of amides is 1. The van der Waals surface area contributed by atoms with E-state index in [1.165, 1.54) is 0 Å². The Labute approximate surface area is 169 Å². The van der Waals surface area contributed by atoms with Gasteiger partial charge in [0.05, 0.1) is 7.11 Å². The molecule has 0 saturated heterocycles. The number of rotatable bonds is 5. The number of hydrogen-bond donors (Lipinski definition) is 2. The zero-order chi connectivity index (χ0) is 20.8. The van der Waals surface area contributed by atoms with Crippen LogP contribution in [-0.2, 0) is 9.59 Å². The number of ether oxygens (including phenoxy) is 1. The molecule has 0 unspecified atom stereocenters. The van der Waals surface area contributed by atoms with E-state index >= 15 is 0 Å². The molecule has 2 N–H and O–H groups in total. The number of benzene rings is 3. The van der Waals surface area contributed by atoms with Crippen molar-refractivity contribution in [1.29, 1.82) is 0 Å². The van der Waals surface area contributed by atoms with Gasteiger partial charge in [-0.05, 0) is 47.4 Å². The molecule has 29 heavy (non-hydrogen) atoms. The van der Waals surface area contributed by atoms with Gasteiger partial charge in [0, 0.05) is 11.3 Å². The predicted molar refractivity (Wildman–Crippen MR) is 114 cm³/mol. The smallest absolute Gasteiger partial charge is 0.394 e. The summed E-state index contributed by atoms with van der Waals surface area (Å²) in [6.45, 7) is 2.04. The molecule has 3 aromatic carbocycles. The average molecular weight is 387 g/mol. The first-order chi connectivity index (χ1) is 14.0. The Morgan fingerprint density at radius 2 is 1.41 bits per heavy atom. The van der Waals surface area contributed by atoms with Crippen LogP contribution in [-0.4, -0.2) is 24.1 Å². The second-order valence-electron chi connectivity index (χ2n) is 6.40. The lowest BCUT2D eigenvalue weighted by molar-refractivity contribution is -0.147. The van der Waals surface area contributed by atoms with Gasteiger partial charge in [-0.15, -0.1) is 0 Å². The number of carbonyl (C=O) groups excluding carboxylic acids is 1. The summed E-state index contributed by atoms with van der Waals surface area (Å²) in [7, 11) is 1.65. The van der Waals surface area contributed by atoms with Gasteiger partial charge in [-0.1, -0.05) is 60.7 Å². The largest absolute Gasteiger partial charge is 0.496 e. The number of carbonyl (C=O) groups is 2. The number of para-hydroxylation sites is 1. The zero-order valence-electron chi connectivity index (χ0n) is 16.2. The van der Waals surface area contributed by atoms with Crippen LogP contribution in [0.15, 0.2) is 78.9 Å². The number of hydrogen-bond acceptors (Lipinski definition) is 3. The van der Waals surface area contributed by atoms with Crippen LogP contribution in [0.1, 0.15) is 23.6 Å². The summed E-state index contributed by atoms with van der Waals surface area (Å²) in [5, 5.41) is 11.1. The third-order valence-corrected chi connectivity index (χ3v) is 4.57. The van der Waals surface area contributed by atoms with Crippen molar-refractivity contribution < 1.29 is 19.4 Å². The summed E-state index contributed by atoms with van der Waals surface area (Å²) in [5.74, 6) is -1.81. The minimum absolute atomic E-state index is 0.420. The zero-order valence-corrected chi connectivity index (χ0v) is 16.2. The number of methoxy groups -OCH3 is 1. The maximum Gasteiger partial charge on any atom is 0.394 e. The molecule has 0 bridgehead atoms. The highest BCUT2D eigenvalue weighted by molar-refractivity contribution is 6.36. The van der Waals surface area contributed by atoms with E-state index in [-0.39, 0.29) is 0 Å². The minimum Gasteiger partial charge on any atom is -0.496 e. The van der Waals surface area contributed by atoms with E-state index in [4.69, 9.17) is 9.84 Å². The third kappa shape index (κ3) is 4.52. The van der Waals surface area contributed by atoms with Crippen LogP contribution in [0.4, 0.5) is 5.69 Å². The highest BCUT2D eigenvalue weighted by Gasteiger charge is 2.15. The number of allylic oxidation sites excluding steroid dienone is 1. The molecule has 0 aromatic heterocycles. The van der Waals surface area contributed by atoms with Crippen molar-refractivity contribution >= 4 is 28.7 Å². The molecule has 3 rings (SSSR count). The summed E-state index contributed by atoms with van der Waals surface area (Å²) < 4.78 is 5.54. The lowest BCUT2D eigenvalue weighted by atomic mass is 9.90. The number of anilines is 1. The molecule has 0 saturated carbocycles. The Kier molecular flexibility index (Phi) is 6.09. The number of aliphatic carboxylic acids is 1. The topological polar surface area (TPSA) is 75.6 Å². The van der Waals surface area contributed by atoms with Gasteiger partial charge in [-0.3, -0.25) is 4.79 Å². The molecular formula is C24H21NO4. The van der Waals surface area contributed by atoms with Crippen molar-refractivity contribution in [2.24, 2.45) is 0 Å². The molecule has 0 fully saturated rings. The Bertz CT molecular complexity index is 1050. The monoisotopic (exact) mass is 387 g/mol. The van der Waals surface area contributed by atoms with Crippen LogP contribution in [0.3, 0.4) is 0 Å². The lowest BCUT2D eigenvalue weighted by Gasteiger charge is -2.16. The number of carboxylic acids is 1. The maximum absolute atomic E-state index is 11.4. The summed E-state index contributed by atoms with van der Waals surface area (Å²) in [4.78, 5) is 22.1. The first-order valence-corrected chi connectivity index (χ1v) is 9.05. The molecule has 3 aromatic rings. The molecule has 1 amide bonds. The first kappa shape index (κ1) is 19.9. The molecular weight excluding hydrogens is 366 g/mol. The van der Waals surface area contributed by atoms with E-state index in [1.807, 2.05) is 73.7 Å². The molecule has 0 aliphatic heterocycles. The van der Waals surface area contributed by atoms with Gasteiger partial charge in [-0.25, -0.2) is 4.79 Å². The molecule has 0 aliphatic carbocycles. The minimum atomic E-state index is -1.52. The van der Waals surface area contributed by atoms with Crippen molar-refractivity contribution in [3.05, 3.63) is 95.6 Å². The fraction of sp³-hybridized carbons (Fsp3) is 0.0833. The van der Waals surface area contributed by atoms with Gasteiger partial charge < -0.3 is 15.2 Å². The molecule has 0 heterocycles. The van der Waals surface area contributed by atoms with Crippen molar-refractivity contribution in [3.8, 4) is 5.75 Å². The molecule has 0 aliphatic rings. The predicted octanol–water partition coefficient (Wildman–Crippen LogP) is 4.70. The maximum atomic E-state index is 11.4. The van der Waals surface area contributed by atoms with Gasteiger partial charge in [0.1, 0.15) is 5.75 Å². The molecule has 0 atom stereocenters. The van der Waals surface area contributed by atoms with Gasteiger partial charge in [0.2, 0.25) is 0 Å². The Morgan fingerprint density at radius 1 is 0.828 bits per heavy atom. The van der Waals surface area contributed by atoms with Crippen LogP contribution in [0.25, 0.3) is 11.1 Å². The lowest BCUT2D eigenvalue weighted by Crippen LogP contribution is -2.21. The van der Waals surface area contributed by atoms with Crippen LogP contribution in [0, 0.1) is 0 Å². The molecule has 146 valence electrons. The highest BCUT2D eigenvalue weighted by Crippen LogP contribution is 2.36. The number of carboxylic acid groups (broad SMARTS) is 1. The second-order valence-corrected chi connectivity index (χ2v) is 6.40. The van der Waals surface area contributed by atoms with E-state index in [0.29, 0.717) is 5.69 Å². The second kappa shape index (κ2) is 8.89. The van der Waals surface area contributed by atoms with E-state index < -0.39 is 11.9 Å². The van der Waals surface area contributed by atoms with Gasteiger partial charge >= 0.3 is 11.9 Å². The van der Waals surface area contributed by atoms with Crippen LogP contribution < -0.4 is 10.1 Å². The normalized spacial score (nSPS) is 11.4. The molecule has 0 spiro atoms. The summed E-state index contributed by atoms with van der Waals surface area (Å²) >= 11 is 0. The van der Waals surface area contributed by atoms with Crippen LogP contribution in [0.5, 0.6) is 5.75 Å². The molecule has 5 nitrogen and oxygen atoms in total. The van der Waals surface area contributed by atoms with Crippen molar-refractivity contribution in [1.82, 2.24) is 0 Å². The van der Waals surface area contributed by atoms with E-state index in [2.05, 4.69) is 5.32 Å². The van der Waals surface area contributed by atoms with Gasteiger partial charge in [0.25, 0.3) is 0 Å². The van der Waals surface area contributed by atoms with Gasteiger partial charge in [-0.2, -0.15) is 0 Å². The summed E-state index contributed by atoms with van der Waals surface area (Å²) in [5.41, 5.74) is 5.44. The van der Waals surface area contributed by atoms with E-state index in [9.17, 15) is 9.59 Å². The summed E-state index contributed by atoms with van der Waals surface area (Å²) in [6.07, 6.45) is 0.